The van der Waals surface area contributed by atoms with Crippen LogP contribution in [0.15, 0.2) is 34.8 Å². The normalized spacial score (nSPS) is 24.8. The molecule has 2 fully saturated rings. The highest BCUT2D eigenvalue weighted by atomic mass is 16.5. The van der Waals surface area contributed by atoms with Gasteiger partial charge in [0.2, 0.25) is 17.7 Å². The minimum atomic E-state index is -0.421. The molecule has 0 saturated carbocycles. The van der Waals surface area contributed by atoms with E-state index in [9.17, 15) is 4.79 Å². The van der Waals surface area contributed by atoms with Crippen LogP contribution < -0.4 is 0 Å². The number of rotatable bonds is 3. The van der Waals surface area contributed by atoms with E-state index < -0.39 is 5.41 Å². The average molecular weight is 350 g/mol. The second kappa shape index (κ2) is 6.39. The molecule has 2 atom stereocenters. The topological polar surface area (TPSA) is 92.3 Å². The summed E-state index contributed by atoms with van der Waals surface area (Å²) in [6.45, 7) is 3.88. The van der Waals surface area contributed by atoms with E-state index in [1.54, 1.807) is 30.0 Å². The highest BCUT2D eigenvalue weighted by molar-refractivity contribution is 5.92. The first-order valence-corrected chi connectivity index (χ1v) is 8.47. The van der Waals surface area contributed by atoms with Crippen molar-refractivity contribution in [3.63, 3.8) is 0 Å². The van der Waals surface area contributed by atoms with Crippen molar-refractivity contribution >= 4 is 12.0 Å². The summed E-state index contributed by atoms with van der Waals surface area (Å²) in [5.41, 5.74) is 0.851. The lowest BCUT2D eigenvalue weighted by molar-refractivity contribution is -0.125. The fourth-order valence-corrected chi connectivity index (χ4v) is 3.71. The van der Waals surface area contributed by atoms with Gasteiger partial charge >= 0.3 is 0 Å². The van der Waals surface area contributed by atoms with Crippen LogP contribution in [0.25, 0.3) is 6.08 Å². The van der Waals surface area contributed by atoms with Crippen molar-refractivity contribution in [1.82, 2.24) is 15.1 Å². The van der Waals surface area contributed by atoms with Crippen LogP contribution >= 0.6 is 0 Å². The summed E-state index contributed by atoms with van der Waals surface area (Å²) in [5, 5.41) is 17.3. The van der Waals surface area contributed by atoms with Gasteiger partial charge in [0.25, 0.3) is 0 Å². The lowest BCUT2D eigenvalue weighted by Crippen LogP contribution is -2.37. The maximum atomic E-state index is 12.7. The molecule has 132 valence electrons. The van der Waals surface area contributed by atoms with Crippen LogP contribution in [0.3, 0.4) is 0 Å². The molecule has 3 heterocycles. The van der Waals surface area contributed by atoms with E-state index in [2.05, 4.69) is 16.3 Å². The molecule has 0 aliphatic carbocycles. The number of fused-ring (bicyclic) bond motifs is 1. The van der Waals surface area contributed by atoms with Gasteiger partial charge in [0.15, 0.2) is 0 Å². The van der Waals surface area contributed by atoms with Crippen molar-refractivity contribution in [3.05, 3.63) is 53.2 Å². The van der Waals surface area contributed by atoms with Crippen molar-refractivity contribution in [2.75, 3.05) is 26.3 Å². The number of aryl methyl sites for hydroxylation is 1. The zero-order valence-electron chi connectivity index (χ0n) is 14.4. The Hall–Kier alpha value is -2.98. The molecule has 26 heavy (non-hydrogen) atoms. The minimum Gasteiger partial charge on any atom is -0.425 e. The van der Waals surface area contributed by atoms with E-state index >= 15 is 0 Å². The predicted octanol–water partition coefficient (Wildman–Crippen LogP) is 1.69. The van der Waals surface area contributed by atoms with E-state index in [-0.39, 0.29) is 11.8 Å². The molecule has 7 heteroatoms. The smallest absolute Gasteiger partial charge is 0.246 e. The Morgan fingerprint density at radius 1 is 1.42 bits per heavy atom. The number of aromatic nitrogens is 2. The first-order chi connectivity index (χ1) is 12.6. The van der Waals surface area contributed by atoms with Crippen LogP contribution in [-0.4, -0.2) is 47.3 Å². The van der Waals surface area contributed by atoms with E-state index in [1.807, 2.05) is 12.1 Å². The van der Waals surface area contributed by atoms with Gasteiger partial charge in [0, 0.05) is 32.0 Å². The lowest BCUT2D eigenvalue weighted by atomic mass is 9.81. The fraction of sp³-hybridized carbons (Fsp3) is 0.368. The molecule has 4 rings (SSSR count). The summed E-state index contributed by atoms with van der Waals surface area (Å²) in [7, 11) is 0. The Bertz CT molecular complexity index is 914. The van der Waals surface area contributed by atoms with Gasteiger partial charge in [-0.05, 0) is 17.7 Å². The first-order valence-electron chi connectivity index (χ1n) is 8.47. The van der Waals surface area contributed by atoms with Gasteiger partial charge in [-0.3, -0.25) is 4.79 Å². The van der Waals surface area contributed by atoms with Gasteiger partial charge < -0.3 is 14.1 Å². The molecule has 7 nitrogen and oxygen atoms in total. The standard InChI is InChI=1S/C19H18N4O3/c1-13-21-22-18(26-13)19-11-23(9-16(19)10-25-12-19)17(24)7-6-14-4-2-3-5-15(14)8-20/h2-7,16H,9-12H2,1H3/b7-6+/t16-,19-/m0/s1. The summed E-state index contributed by atoms with van der Waals surface area (Å²) < 4.78 is 11.3. The molecule has 0 spiro atoms. The van der Waals surface area contributed by atoms with E-state index in [4.69, 9.17) is 14.4 Å². The van der Waals surface area contributed by atoms with Gasteiger partial charge in [0.1, 0.15) is 0 Å². The molecule has 2 saturated heterocycles. The second-order valence-electron chi connectivity index (χ2n) is 6.75. The van der Waals surface area contributed by atoms with Crippen molar-refractivity contribution in [1.29, 1.82) is 5.26 Å². The Kier molecular flexibility index (Phi) is 4.05. The molecule has 1 aromatic carbocycles. The van der Waals surface area contributed by atoms with Gasteiger partial charge in [-0.2, -0.15) is 5.26 Å². The Labute approximate surface area is 150 Å². The summed E-state index contributed by atoms with van der Waals surface area (Å²) in [5.74, 6) is 1.11. The summed E-state index contributed by atoms with van der Waals surface area (Å²) in [4.78, 5) is 14.5. The molecule has 2 aliphatic rings. The first kappa shape index (κ1) is 16.5. The number of ether oxygens (including phenoxy) is 1. The number of nitriles is 1. The molecule has 0 radical (unpaired) electrons. The third-order valence-corrected chi connectivity index (χ3v) is 5.12. The van der Waals surface area contributed by atoms with Crippen LogP contribution in [0.1, 0.15) is 22.9 Å². The number of carbonyl (C=O) groups excluding carboxylic acids is 1. The maximum Gasteiger partial charge on any atom is 0.246 e. The number of nitrogens with zero attached hydrogens (tertiary/aromatic N) is 4. The molecule has 0 unspecified atom stereocenters. The zero-order valence-corrected chi connectivity index (χ0v) is 14.4. The monoisotopic (exact) mass is 350 g/mol. The number of hydrogen-bond acceptors (Lipinski definition) is 6. The summed E-state index contributed by atoms with van der Waals surface area (Å²) in [6.07, 6.45) is 3.21. The minimum absolute atomic E-state index is 0.0947. The van der Waals surface area contributed by atoms with E-state index in [1.165, 1.54) is 6.08 Å². The molecule has 1 amide bonds. The van der Waals surface area contributed by atoms with Crippen LogP contribution in [0, 0.1) is 24.2 Å². The largest absolute Gasteiger partial charge is 0.425 e. The molecule has 0 bridgehead atoms. The van der Waals surface area contributed by atoms with Gasteiger partial charge in [-0.1, -0.05) is 18.2 Å². The molecule has 2 aliphatic heterocycles. The number of amides is 1. The second-order valence-corrected chi connectivity index (χ2v) is 6.75. The Morgan fingerprint density at radius 2 is 2.27 bits per heavy atom. The number of benzene rings is 1. The SMILES string of the molecule is Cc1nnc([C@@]23COC[C@@H]2CN(C(=O)/C=C/c2ccccc2C#N)C3)o1. The summed E-state index contributed by atoms with van der Waals surface area (Å²) in [6, 6.07) is 9.32. The van der Waals surface area contributed by atoms with Crippen molar-refractivity contribution in [2.45, 2.75) is 12.3 Å². The molecular weight excluding hydrogens is 332 g/mol. The third kappa shape index (κ3) is 2.68. The zero-order chi connectivity index (χ0) is 18.1. The molecule has 1 aromatic heterocycles. The average Bonchev–Trinajstić information content (AvgIpc) is 3.33. The van der Waals surface area contributed by atoms with Crippen molar-refractivity contribution in [2.24, 2.45) is 5.92 Å². The van der Waals surface area contributed by atoms with Crippen LogP contribution in [0.4, 0.5) is 0 Å². The van der Waals surface area contributed by atoms with E-state index in [0.29, 0.717) is 43.6 Å². The van der Waals surface area contributed by atoms with Gasteiger partial charge in [-0.25, -0.2) is 0 Å². The van der Waals surface area contributed by atoms with Gasteiger partial charge in [0.05, 0.1) is 30.3 Å². The van der Waals surface area contributed by atoms with Crippen molar-refractivity contribution < 1.29 is 13.9 Å². The number of carbonyl (C=O) groups is 1. The quantitative estimate of drug-likeness (QED) is 0.782. The molecular formula is C19H18N4O3. The molecule has 2 aromatic rings. The molecule has 0 N–H and O–H groups in total. The van der Waals surface area contributed by atoms with Crippen LogP contribution in [0.2, 0.25) is 0 Å². The van der Waals surface area contributed by atoms with E-state index in [0.717, 1.165) is 5.56 Å². The maximum absolute atomic E-state index is 12.7. The third-order valence-electron chi connectivity index (χ3n) is 5.12. The van der Waals surface area contributed by atoms with Gasteiger partial charge in [-0.15, -0.1) is 10.2 Å². The Balaban J connectivity index is 1.54. The number of hydrogen-bond donors (Lipinski definition) is 0. The fourth-order valence-electron chi connectivity index (χ4n) is 3.71. The van der Waals surface area contributed by atoms with Crippen LogP contribution in [-0.2, 0) is 14.9 Å². The van der Waals surface area contributed by atoms with Crippen molar-refractivity contribution in [3.8, 4) is 6.07 Å². The predicted molar refractivity (Wildman–Crippen MR) is 91.8 cm³/mol. The highest BCUT2D eigenvalue weighted by Gasteiger charge is 2.56. The highest BCUT2D eigenvalue weighted by Crippen LogP contribution is 2.43. The lowest BCUT2D eigenvalue weighted by Gasteiger charge is -2.22. The number of likely N-dealkylation sites (tertiary alicyclic amines) is 1. The van der Waals surface area contributed by atoms with Crippen LogP contribution in [0.5, 0.6) is 0 Å². The summed E-state index contributed by atoms with van der Waals surface area (Å²) >= 11 is 0. The Morgan fingerprint density at radius 3 is 3.04 bits per heavy atom.